The van der Waals surface area contributed by atoms with E-state index < -0.39 is 5.97 Å². The molecule has 0 radical (unpaired) electrons. The van der Waals surface area contributed by atoms with Crippen molar-refractivity contribution < 1.29 is 15.1 Å². The van der Waals surface area contributed by atoms with Crippen LogP contribution in [-0.2, 0) is 6.42 Å². The monoisotopic (exact) mass is 193 g/mol. The maximum atomic E-state index is 10.8. The van der Waals surface area contributed by atoms with Crippen molar-refractivity contribution in [3.05, 3.63) is 35.4 Å². The smallest absolute Gasteiger partial charge is 0.335 e. The number of aromatic carboxylic acids is 1. The van der Waals surface area contributed by atoms with E-state index in [1.165, 1.54) is 6.07 Å². The van der Waals surface area contributed by atoms with E-state index >= 15 is 0 Å². The lowest BCUT2D eigenvalue weighted by Crippen LogP contribution is -2.06. The molecule has 1 aromatic rings. The van der Waals surface area contributed by atoms with Gasteiger partial charge in [0.1, 0.15) is 0 Å². The van der Waals surface area contributed by atoms with Gasteiger partial charge in [0.25, 0.3) is 0 Å². The normalized spacial score (nSPS) is 11.4. The number of rotatable bonds is 3. The Labute approximate surface area is 81.5 Å². The van der Waals surface area contributed by atoms with Crippen LogP contribution in [0.3, 0.4) is 0 Å². The lowest BCUT2D eigenvalue weighted by atomic mass is 10.0. The van der Waals surface area contributed by atoms with Crippen molar-refractivity contribution in [1.29, 1.82) is 0 Å². The predicted octanol–water partition coefficient (Wildman–Crippen LogP) is 1.78. The first-order chi connectivity index (χ1) is 6.65. The summed E-state index contributed by atoms with van der Waals surface area (Å²) < 4.78 is 0. The van der Waals surface area contributed by atoms with Gasteiger partial charge >= 0.3 is 5.97 Å². The van der Waals surface area contributed by atoms with Crippen molar-refractivity contribution in [2.45, 2.75) is 13.3 Å². The van der Waals surface area contributed by atoms with Gasteiger partial charge in [0, 0.05) is 6.42 Å². The Kier molecular flexibility index (Phi) is 3.23. The standard InChI is InChI=1S/C10H11NO3/c1-7(11-14)6-8-4-2-3-5-9(8)10(12)13/h2-5,14H,6H2,1H3,(H,12,13). The molecule has 0 spiro atoms. The molecular formula is C10H11NO3. The van der Waals surface area contributed by atoms with Crippen LogP contribution in [0.4, 0.5) is 0 Å². The number of benzene rings is 1. The van der Waals surface area contributed by atoms with Gasteiger partial charge < -0.3 is 10.3 Å². The lowest BCUT2D eigenvalue weighted by Gasteiger charge is -2.03. The van der Waals surface area contributed by atoms with Gasteiger partial charge in [-0.25, -0.2) is 4.79 Å². The quantitative estimate of drug-likeness (QED) is 0.436. The fourth-order valence-corrected chi connectivity index (χ4v) is 1.19. The van der Waals surface area contributed by atoms with E-state index in [0.717, 1.165) is 0 Å². The highest BCUT2D eigenvalue weighted by atomic mass is 16.4. The molecule has 14 heavy (non-hydrogen) atoms. The van der Waals surface area contributed by atoms with Crippen molar-refractivity contribution in [1.82, 2.24) is 0 Å². The zero-order chi connectivity index (χ0) is 10.6. The largest absolute Gasteiger partial charge is 0.478 e. The number of oxime groups is 1. The van der Waals surface area contributed by atoms with Crippen LogP contribution in [0.5, 0.6) is 0 Å². The van der Waals surface area contributed by atoms with E-state index in [-0.39, 0.29) is 5.56 Å². The van der Waals surface area contributed by atoms with Crippen molar-refractivity contribution in [3.63, 3.8) is 0 Å². The summed E-state index contributed by atoms with van der Waals surface area (Å²) in [5.74, 6) is -0.966. The molecule has 0 aliphatic carbocycles. The second kappa shape index (κ2) is 4.41. The third-order valence-electron chi connectivity index (χ3n) is 1.86. The molecule has 0 bridgehead atoms. The van der Waals surface area contributed by atoms with Crippen LogP contribution in [0.2, 0.25) is 0 Å². The molecule has 0 saturated carbocycles. The topological polar surface area (TPSA) is 69.9 Å². The van der Waals surface area contributed by atoms with Crippen molar-refractivity contribution >= 4 is 11.7 Å². The van der Waals surface area contributed by atoms with Crippen LogP contribution in [0, 0.1) is 0 Å². The molecule has 1 rings (SSSR count). The van der Waals surface area contributed by atoms with Gasteiger partial charge in [-0.3, -0.25) is 0 Å². The molecule has 4 nitrogen and oxygen atoms in total. The van der Waals surface area contributed by atoms with E-state index in [2.05, 4.69) is 5.16 Å². The Morgan fingerprint density at radius 1 is 1.43 bits per heavy atom. The summed E-state index contributed by atoms with van der Waals surface area (Å²) >= 11 is 0. The Balaban J connectivity index is 3.02. The Bertz CT molecular complexity index is 371. The van der Waals surface area contributed by atoms with E-state index in [9.17, 15) is 4.79 Å². The molecular weight excluding hydrogens is 182 g/mol. The van der Waals surface area contributed by atoms with Crippen LogP contribution >= 0.6 is 0 Å². The second-order valence-corrected chi connectivity index (χ2v) is 2.97. The fourth-order valence-electron chi connectivity index (χ4n) is 1.19. The maximum Gasteiger partial charge on any atom is 0.335 e. The summed E-state index contributed by atoms with van der Waals surface area (Å²) in [5.41, 5.74) is 1.38. The van der Waals surface area contributed by atoms with Crippen LogP contribution in [-0.4, -0.2) is 22.0 Å². The molecule has 2 N–H and O–H groups in total. The van der Waals surface area contributed by atoms with Gasteiger partial charge in [-0.15, -0.1) is 0 Å². The number of hydrogen-bond acceptors (Lipinski definition) is 3. The SMILES string of the molecule is CC(Cc1ccccc1C(=O)O)=NO. The molecule has 0 heterocycles. The summed E-state index contributed by atoms with van der Waals surface area (Å²) in [6.45, 7) is 1.64. The molecule has 4 heteroatoms. The molecule has 0 aliphatic rings. The zero-order valence-electron chi connectivity index (χ0n) is 7.77. The highest BCUT2D eigenvalue weighted by Crippen LogP contribution is 2.10. The number of nitrogens with zero attached hydrogens (tertiary/aromatic N) is 1. The zero-order valence-corrected chi connectivity index (χ0v) is 7.77. The highest BCUT2D eigenvalue weighted by molar-refractivity contribution is 5.92. The molecule has 1 aromatic carbocycles. The minimum absolute atomic E-state index is 0.246. The molecule has 74 valence electrons. The summed E-state index contributed by atoms with van der Waals surface area (Å²) in [4.78, 5) is 10.8. The van der Waals surface area contributed by atoms with E-state index in [0.29, 0.717) is 17.7 Å². The first kappa shape index (κ1) is 10.2. The second-order valence-electron chi connectivity index (χ2n) is 2.97. The molecule has 0 atom stereocenters. The van der Waals surface area contributed by atoms with E-state index in [4.69, 9.17) is 10.3 Å². The first-order valence-corrected chi connectivity index (χ1v) is 4.14. The lowest BCUT2D eigenvalue weighted by molar-refractivity contribution is 0.0696. The van der Waals surface area contributed by atoms with Crippen molar-refractivity contribution in [3.8, 4) is 0 Å². The van der Waals surface area contributed by atoms with Crippen LogP contribution in [0.25, 0.3) is 0 Å². The first-order valence-electron chi connectivity index (χ1n) is 4.14. The predicted molar refractivity (Wildman–Crippen MR) is 52.0 cm³/mol. The van der Waals surface area contributed by atoms with Gasteiger partial charge in [0.15, 0.2) is 0 Å². The van der Waals surface area contributed by atoms with E-state index in [1.807, 2.05) is 0 Å². The number of carboxylic acids is 1. The Morgan fingerprint density at radius 2 is 2.07 bits per heavy atom. The number of hydrogen-bond donors (Lipinski definition) is 2. The molecule has 0 aliphatic heterocycles. The van der Waals surface area contributed by atoms with Gasteiger partial charge in [-0.2, -0.15) is 0 Å². The average molecular weight is 193 g/mol. The third kappa shape index (κ3) is 2.32. The Hall–Kier alpha value is -1.84. The van der Waals surface area contributed by atoms with Gasteiger partial charge in [-0.05, 0) is 18.6 Å². The highest BCUT2D eigenvalue weighted by Gasteiger charge is 2.09. The third-order valence-corrected chi connectivity index (χ3v) is 1.86. The van der Waals surface area contributed by atoms with E-state index in [1.54, 1.807) is 25.1 Å². The Morgan fingerprint density at radius 3 is 2.64 bits per heavy atom. The molecule has 0 fully saturated rings. The van der Waals surface area contributed by atoms with Gasteiger partial charge in [0.2, 0.25) is 0 Å². The van der Waals surface area contributed by atoms with Crippen molar-refractivity contribution in [2.75, 3.05) is 0 Å². The van der Waals surface area contributed by atoms with Crippen LogP contribution in [0.15, 0.2) is 29.4 Å². The van der Waals surface area contributed by atoms with Gasteiger partial charge in [-0.1, -0.05) is 23.4 Å². The summed E-state index contributed by atoms with van der Waals surface area (Å²) in [6.07, 6.45) is 0.346. The van der Waals surface area contributed by atoms with Gasteiger partial charge in [0.05, 0.1) is 11.3 Å². The molecule has 0 saturated heterocycles. The molecule has 0 amide bonds. The summed E-state index contributed by atoms with van der Waals surface area (Å²) in [7, 11) is 0. The summed E-state index contributed by atoms with van der Waals surface area (Å²) in [6, 6.07) is 6.66. The number of carboxylic acid groups (broad SMARTS) is 1. The fraction of sp³-hybridized carbons (Fsp3) is 0.200. The van der Waals surface area contributed by atoms with Crippen molar-refractivity contribution in [2.24, 2.45) is 5.16 Å². The molecule has 0 unspecified atom stereocenters. The maximum absolute atomic E-state index is 10.8. The summed E-state index contributed by atoms with van der Waals surface area (Å²) in [5, 5.41) is 20.3. The molecule has 0 aromatic heterocycles. The minimum Gasteiger partial charge on any atom is -0.478 e. The van der Waals surface area contributed by atoms with Crippen LogP contribution < -0.4 is 0 Å². The minimum atomic E-state index is -0.966. The average Bonchev–Trinajstić information content (AvgIpc) is 2.18. The van der Waals surface area contributed by atoms with Crippen LogP contribution in [0.1, 0.15) is 22.8 Å². The number of carbonyl (C=O) groups is 1.